The molecule has 0 aliphatic carbocycles. The van der Waals surface area contributed by atoms with Gasteiger partial charge in [0, 0.05) is 16.1 Å². The number of ether oxygens (including phenoxy) is 2. The first-order valence-electron chi connectivity index (χ1n) is 12.7. The Morgan fingerprint density at radius 1 is 1.00 bits per heavy atom. The van der Waals surface area contributed by atoms with Crippen LogP contribution >= 0.6 is 34.2 Å². The van der Waals surface area contributed by atoms with Gasteiger partial charge in [0.2, 0.25) is 0 Å². The van der Waals surface area contributed by atoms with Crippen molar-refractivity contribution >= 4 is 51.3 Å². The highest BCUT2D eigenvalue weighted by Gasteiger charge is 2.31. The molecular formula is C31H22ClF3IN3O3. The van der Waals surface area contributed by atoms with Crippen LogP contribution in [0.15, 0.2) is 94.8 Å². The molecule has 0 aliphatic heterocycles. The zero-order valence-corrected chi connectivity index (χ0v) is 24.9. The maximum atomic E-state index is 13.5. The second-order valence-corrected chi connectivity index (χ2v) is 10.6. The zero-order chi connectivity index (χ0) is 29.9. The maximum absolute atomic E-state index is 13.5. The predicted molar refractivity (Wildman–Crippen MR) is 166 cm³/mol. The van der Waals surface area contributed by atoms with Crippen LogP contribution in [0.5, 0.6) is 11.5 Å². The van der Waals surface area contributed by atoms with Gasteiger partial charge in [0.25, 0.3) is 5.56 Å². The number of nitrogens with zero attached hydrogens (tertiary/aromatic N) is 3. The van der Waals surface area contributed by atoms with Crippen LogP contribution in [-0.4, -0.2) is 22.5 Å². The molecule has 1 aromatic heterocycles. The highest BCUT2D eigenvalue weighted by atomic mass is 127. The molecule has 11 heteroatoms. The predicted octanol–water partition coefficient (Wildman–Crippen LogP) is 8.20. The van der Waals surface area contributed by atoms with Gasteiger partial charge in [-0.2, -0.15) is 22.9 Å². The third kappa shape index (κ3) is 6.44. The number of hydrogen-bond donors (Lipinski definition) is 0. The molecule has 0 saturated heterocycles. The molecular weight excluding hydrogens is 682 g/mol. The van der Waals surface area contributed by atoms with E-state index in [2.05, 4.69) is 32.7 Å². The lowest BCUT2D eigenvalue weighted by molar-refractivity contribution is -0.137. The van der Waals surface area contributed by atoms with Crippen molar-refractivity contribution in [2.75, 3.05) is 6.61 Å². The van der Waals surface area contributed by atoms with Gasteiger partial charge >= 0.3 is 6.18 Å². The Kier molecular flexibility index (Phi) is 8.83. The van der Waals surface area contributed by atoms with E-state index in [4.69, 9.17) is 21.1 Å². The quantitative estimate of drug-likeness (QED) is 0.121. The van der Waals surface area contributed by atoms with Gasteiger partial charge in [-0.15, -0.1) is 0 Å². The number of halogens is 5. The Bertz CT molecular complexity index is 1860. The van der Waals surface area contributed by atoms with E-state index in [0.717, 1.165) is 22.4 Å². The summed E-state index contributed by atoms with van der Waals surface area (Å²) in [6.45, 7) is 2.43. The molecule has 0 amide bonds. The molecule has 42 heavy (non-hydrogen) atoms. The second kappa shape index (κ2) is 12.5. The Morgan fingerprint density at radius 3 is 2.52 bits per heavy atom. The normalized spacial score (nSPS) is 11.8. The molecule has 0 fully saturated rings. The first kappa shape index (κ1) is 29.6. The van der Waals surface area contributed by atoms with Crippen molar-refractivity contribution in [3.8, 4) is 22.9 Å². The number of benzene rings is 4. The molecule has 0 aliphatic rings. The van der Waals surface area contributed by atoms with Crippen LogP contribution in [0.2, 0.25) is 5.02 Å². The minimum absolute atomic E-state index is 0.0273. The van der Waals surface area contributed by atoms with E-state index in [1.165, 1.54) is 18.3 Å². The molecule has 5 aromatic rings. The Labute approximate surface area is 257 Å². The average Bonchev–Trinajstić information content (AvgIpc) is 2.97. The third-order valence-electron chi connectivity index (χ3n) is 6.19. The smallest absolute Gasteiger partial charge is 0.416 e. The maximum Gasteiger partial charge on any atom is 0.416 e. The van der Waals surface area contributed by atoms with E-state index in [9.17, 15) is 18.0 Å². The molecule has 5 rings (SSSR count). The van der Waals surface area contributed by atoms with E-state index in [0.29, 0.717) is 37.8 Å². The highest BCUT2D eigenvalue weighted by Crippen LogP contribution is 2.35. The van der Waals surface area contributed by atoms with Gasteiger partial charge in [-0.1, -0.05) is 54.1 Å². The average molecular weight is 704 g/mol. The SMILES string of the molecule is CCOc1cc(C=Nn2c(-c3cccc(C(F)(F)F)c3)nc3ccccc3c2=O)cc(I)c1OCc1ccccc1Cl. The van der Waals surface area contributed by atoms with E-state index in [1.54, 1.807) is 42.5 Å². The minimum atomic E-state index is -4.57. The summed E-state index contributed by atoms with van der Waals surface area (Å²) < 4.78 is 54.1. The summed E-state index contributed by atoms with van der Waals surface area (Å²) in [6.07, 6.45) is -3.14. The lowest BCUT2D eigenvalue weighted by Crippen LogP contribution is -2.20. The first-order valence-corrected chi connectivity index (χ1v) is 14.2. The fourth-order valence-corrected chi connectivity index (χ4v) is 5.18. The summed E-state index contributed by atoms with van der Waals surface area (Å²) in [5.74, 6) is 0.948. The summed E-state index contributed by atoms with van der Waals surface area (Å²) in [5, 5.41) is 5.25. The molecule has 0 saturated carbocycles. The van der Waals surface area contributed by atoms with Gasteiger partial charge in [0.05, 0.1) is 32.9 Å². The summed E-state index contributed by atoms with van der Waals surface area (Å²) in [5.41, 5.74) is 0.438. The Morgan fingerprint density at radius 2 is 1.76 bits per heavy atom. The summed E-state index contributed by atoms with van der Waals surface area (Å²) in [6, 6.07) is 22.1. The van der Waals surface area contributed by atoms with Gasteiger partial charge < -0.3 is 9.47 Å². The van der Waals surface area contributed by atoms with Crippen molar-refractivity contribution in [2.45, 2.75) is 19.7 Å². The number of hydrogen-bond acceptors (Lipinski definition) is 5. The number of para-hydroxylation sites is 1. The monoisotopic (exact) mass is 703 g/mol. The van der Waals surface area contributed by atoms with Crippen LogP contribution < -0.4 is 15.0 Å². The molecule has 4 aromatic carbocycles. The van der Waals surface area contributed by atoms with Crippen LogP contribution in [0.4, 0.5) is 13.2 Å². The van der Waals surface area contributed by atoms with Gasteiger partial charge in [0.15, 0.2) is 17.3 Å². The number of fused-ring (bicyclic) bond motifs is 1. The fraction of sp³-hybridized carbons (Fsp3) is 0.129. The summed E-state index contributed by atoms with van der Waals surface area (Å²) in [7, 11) is 0. The minimum Gasteiger partial charge on any atom is -0.490 e. The van der Waals surface area contributed by atoms with Crippen molar-refractivity contribution in [1.29, 1.82) is 0 Å². The van der Waals surface area contributed by atoms with Crippen molar-refractivity contribution in [3.05, 3.63) is 121 Å². The van der Waals surface area contributed by atoms with E-state index < -0.39 is 17.3 Å². The van der Waals surface area contributed by atoms with Gasteiger partial charge in [-0.05, 0) is 77.5 Å². The van der Waals surface area contributed by atoms with Gasteiger partial charge in [-0.3, -0.25) is 4.79 Å². The van der Waals surface area contributed by atoms with Crippen molar-refractivity contribution in [1.82, 2.24) is 9.66 Å². The van der Waals surface area contributed by atoms with E-state index >= 15 is 0 Å². The highest BCUT2D eigenvalue weighted by molar-refractivity contribution is 14.1. The molecule has 0 radical (unpaired) electrons. The molecule has 0 atom stereocenters. The lowest BCUT2D eigenvalue weighted by Gasteiger charge is -2.15. The van der Waals surface area contributed by atoms with Crippen molar-refractivity contribution in [3.63, 3.8) is 0 Å². The Balaban J connectivity index is 1.57. The van der Waals surface area contributed by atoms with Gasteiger partial charge in [-0.25, -0.2) is 4.98 Å². The summed E-state index contributed by atoms with van der Waals surface area (Å²) >= 11 is 8.39. The molecule has 0 bridgehead atoms. The van der Waals surface area contributed by atoms with Gasteiger partial charge in [0.1, 0.15) is 6.61 Å². The number of alkyl halides is 3. The van der Waals surface area contributed by atoms with Crippen LogP contribution in [0, 0.1) is 3.57 Å². The topological polar surface area (TPSA) is 65.7 Å². The molecule has 0 spiro atoms. The van der Waals surface area contributed by atoms with Crippen LogP contribution in [0.25, 0.3) is 22.3 Å². The summed E-state index contributed by atoms with van der Waals surface area (Å²) in [4.78, 5) is 18.0. The fourth-order valence-electron chi connectivity index (χ4n) is 4.21. The number of rotatable bonds is 8. The Hall–Kier alpha value is -3.90. The van der Waals surface area contributed by atoms with Crippen LogP contribution in [0.1, 0.15) is 23.6 Å². The van der Waals surface area contributed by atoms with Crippen LogP contribution in [0.3, 0.4) is 0 Å². The molecule has 214 valence electrons. The zero-order valence-electron chi connectivity index (χ0n) is 22.0. The second-order valence-electron chi connectivity index (χ2n) is 9.04. The third-order valence-corrected chi connectivity index (χ3v) is 7.36. The first-order chi connectivity index (χ1) is 20.2. The van der Waals surface area contributed by atoms with E-state index in [-0.39, 0.29) is 23.4 Å². The van der Waals surface area contributed by atoms with E-state index in [1.807, 2.05) is 25.1 Å². The lowest BCUT2D eigenvalue weighted by atomic mass is 10.1. The molecule has 0 N–H and O–H groups in total. The standard InChI is InChI=1S/C31H22ClF3IN3O3/c1-2-41-27-15-19(14-25(36)28(27)42-18-21-8-3-5-12-24(21)32)17-37-39-29(20-9-7-10-22(16-20)31(33,34)35)38-26-13-6-4-11-23(26)30(39)40/h3-17H,2,18H2,1H3. The molecule has 1 heterocycles. The van der Waals surface area contributed by atoms with Crippen LogP contribution in [-0.2, 0) is 12.8 Å². The van der Waals surface area contributed by atoms with Crippen molar-refractivity contribution in [2.24, 2.45) is 5.10 Å². The largest absolute Gasteiger partial charge is 0.490 e. The van der Waals surface area contributed by atoms with Crippen molar-refractivity contribution < 1.29 is 22.6 Å². The molecule has 0 unspecified atom stereocenters. The molecule has 6 nitrogen and oxygen atoms in total. The number of aromatic nitrogens is 2.